The van der Waals surface area contributed by atoms with Crippen molar-refractivity contribution in [1.29, 1.82) is 0 Å². The summed E-state index contributed by atoms with van der Waals surface area (Å²) in [5, 5.41) is 0. The van der Waals surface area contributed by atoms with Gasteiger partial charge in [-0.15, -0.1) is 11.3 Å². The molecule has 3 aromatic rings. The van der Waals surface area contributed by atoms with Crippen molar-refractivity contribution in [2.45, 2.75) is 17.7 Å². The van der Waals surface area contributed by atoms with Crippen molar-refractivity contribution in [2.24, 2.45) is 11.8 Å². The van der Waals surface area contributed by atoms with Crippen molar-refractivity contribution in [3.05, 3.63) is 42.2 Å². The molecule has 0 aliphatic carbocycles. The van der Waals surface area contributed by atoms with E-state index in [2.05, 4.69) is 19.9 Å². The lowest BCUT2D eigenvalue weighted by atomic mass is 9.92. The first-order valence-corrected chi connectivity index (χ1v) is 11.8. The first-order valence-electron chi connectivity index (χ1n) is 9.46. The van der Waals surface area contributed by atoms with E-state index in [-0.39, 0.29) is 0 Å². The van der Waals surface area contributed by atoms with Crippen LogP contribution in [0.5, 0.6) is 0 Å². The van der Waals surface area contributed by atoms with Gasteiger partial charge in [0.15, 0.2) is 0 Å². The van der Waals surface area contributed by atoms with Crippen LogP contribution >= 0.6 is 11.3 Å². The molecule has 2 aliphatic heterocycles. The van der Waals surface area contributed by atoms with Gasteiger partial charge < -0.3 is 4.90 Å². The summed E-state index contributed by atoms with van der Waals surface area (Å²) in [6.45, 7) is 2.92. The Bertz CT molecular complexity index is 1070. The quantitative estimate of drug-likeness (QED) is 0.654. The van der Waals surface area contributed by atoms with E-state index in [0.29, 0.717) is 29.8 Å². The molecule has 0 spiro atoms. The van der Waals surface area contributed by atoms with Gasteiger partial charge in [-0.1, -0.05) is 0 Å². The molecule has 28 heavy (non-hydrogen) atoms. The van der Waals surface area contributed by atoms with Gasteiger partial charge in [-0.05, 0) is 48.9 Å². The van der Waals surface area contributed by atoms with Gasteiger partial charge in [-0.3, -0.25) is 0 Å². The maximum atomic E-state index is 13.2. The minimum Gasteiger partial charge on any atom is -0.341 e. The molecule has 0 amide bonds. The molecular formula is C19H21N5O2S2. The molecule has 4 heterocycles. The Morgan fingerprint density at radius 3 is 2.43 bits per heavy atom. The van der Waals surface area contributed by atoms with E-state index in [1.165, 1.54) is 11.3 Å². The summed E-state index contributed by atoms with van der Waals surface area (Å²) in [6.07, 6.45) is 5.45. The molecule has 2 atom stereocenters. The number of thiazole rings is 1. The summed E-state index contributed by atoms with van der Waals surface area (Å²) >= 11 is 1.47. The van der Waals surface area contributed by atoms with E-state index in [1.54, 1.807) is 40.4 Å². The highest BCUT2D eigenvalue weighted by Crippen LogP contribution is 2.36. The summed E-state index contributed by atoms with van der Waals surface area (Å²) in [7, 11) is -3.47. The van der Waals surface area contributed by atoms with Crippen LogP contribution in [0.4, 0.5) is 5.95 Å². The Morgan fingerprint density at radius 2 is 1.71 bits per heavy atom. The molecule has 2 aliphatic rings. The number of hydrogen-bond donors (Lipinski definition) is 0. The second-order valence-electron chi connectivity index (χ2n) is 7.44. The molecule has 7 nitrogen and oxygen atoms in total. The third-order valence-corrected chi connectivity index (χ3v) is 8.48. The first-order chi connectivity index (χ1) is 13.6. The summed E-state index contributed by atoms with van der Waals surface area (Å²) in [5.74, 6) is 1.54. The van der Waals surface area contributed by atoms with Crippen LogP contribution in [-0.2, 0) is 10.0 Å². The number of nitrogens with zero attached hydrogens (tertiary/aromatic N) is 5. The molecule has 9 heteroatoms. The van der Waals surface area contributed by atoms with Crippen molar-refractivity contribution in [2.75, 3.05) is 31.1 Å². The number of hydrogen-bond acceptors (Lipinski definition) is 7. The molecule has 5 rings (SSSR count). The van der Waals surface area contributed by atoms with Crippen LogP contribution < -0.4 is 4.90 Å². The number of aromatic nitrogens is 3. The molecular weight excluding hydrogens is 394 g/mol. The molecule has 0 radical (unpaired) electrons. The number of sulfonamides is 1. The maximum Gasteiger partial charge on any atom is 0.243 e. The van der Waals surface area contributed by atoms with Gasteiger partial charge in [0.05, 0.1) is 20.6 Å². The average molecular weight is 416 g/mol. The summed E-state index contributed by atoms with van der Waals surface area (Å²) in [6, 6.07) is 7.05. The summed E-state index contributed by atoms with van der Waals surface area (Å²) in [5.41, 5.74) is 2.59. The highest BCUT2D eigenvalue weighted by atomic mass is 32.2. The number of rotatable bonds is 3. The van der Waals surface area contributed by atoms with E-state index in [4.69, 9.17) is 0 Å². The largest absolute Gasteiger partial charge is 0.341 e. The molecule has 0 unspecified atom stereocenters. The molecule has 1 aromatic carbocycles. The van der Waals surface area contributed by atoms with E-state index in [0.717, 1.165) is 42.1 Å². The minimum atomic E-state index is -3.47. The minimum absolute atomic E-state index is 0.375. The van der Waals surface area contributed by atoms with Crippen molar-refractivity contribution in [3.8, 4) is 0 Å². The van der Waals surface area contributed by atoms with Crippen molar-refractivity contribution in [1.82, 2.24) is 19.3 Å². The maximum absolute atomic E-state index is 13.2. The Labute approximate surface area is 168 Å². The highest BCUT2D eigenvalue weighted by Gasteiger charge is 2.40. The van der Waals surface area contributed by atoms with Crippen molar-refractivity contribution >= 4 is 37.5 Å². The number of benzene rings is 1. The SMILES string of the molecule is O=S(=O)(c1ccc2ncsc2c1)N1C[C@H]2CCN(c3ncccn3)CC[C@H]2C1. The zero-order chi connectivity index (χ0) is 19.1. The highest BCUT2D eigenvalue weighted by molar-refractivity contribution is 7.89. The topological polar surface area (TPSA) is 79.3 Å². The van der Waals surface area contributed by atoms with E-state index < -0.39 is 10.0 Å². The van der Waals surface area contributed by atoms with E-state index in [1.807, 2.05) is 6.07 Å². The summed E-state index contributed by atoms with van der Waals surface area (Å²) < 4.78 is 29.0. The van der Waals surface area contributed by atoms with Gasteiger partial charge in [-0.2, -0.15) is 4.31 Å². The third kappa shape index (κ3) is 3.17. The molecule has 146 valence electrons. The molecule has 0 saturated carbocycles. The van der Waals surface area contributed by atoms with Crippen LogP contribution in [0, 0.1) is 11.8 Å². The van der Waals surface area contributed by atoms with Crippen LogP contribution in [-0.4, -0.2) is 53.9 Å². The van der Waals surface area contributed by atoms with Crippen LogP contribution in [0.3, 0.4) is 0 Å². The van der Waals surface area contributed by atoms with Gasteiger partial charge in [-0.25, -0.2) is 23.4 Å². The predicted octanol–water partition coefficient (Wildman–Crippen LogP) is 2.62. The van der Waals surface area contributed by atoms with Gasteiger partial charge >= 0.3 is 0 Å². The van der Waals surface area contributed by atoms with Crippen LogP contribution in [0.1, 0.15) is 12.8 Å². The molecule has 2 fully saturated rings. The Balaban J connectivity index is 1.32. The fourth-order valence-corrected chi connectivity index (χ4v) is 6.67. The molecule has 2 aromatic heterocycles. The Morgan fingerprint density at radius 1 is 1.00 bits per heavy atom. The zero-order valence-corrected chi connectivity index (χ0v) is 16.9. The molecule has 0 N–H and O–H groups in total. The first kappa shape index (κ1) is 18.0. The third-order valence-electron chi connectivity index (χ3n) is 5.86. The van der Waals surface area contributed by atoms with Crippen molar-refractivity contribution in [3.63, 3.8) is 0 Å². The normalized spacial score (nSPS) is 23.6. The summed E-state index contributed by atoms with van der Waals surface area (Å²) in [4.78, 5) is 15.5. The van der Waals surface area contributed by atoms with E-state index >= 15 is 0 Å². The van der Waals surface area contributed by atoms with Gasteiger partial charge in [0.25, 0.3) is 0 Å². The van der Waals surface area contributed by atoms with Gasteiger partial charge in [0.2, 0.25) is 16.0 Å². The van der Waals surface area contributed by atoms with Gasteiger partial charge in [0.1, 0.15) is 0 Å². The Kier molecular flexibility index (Phi) is 4.53. The van der Waals surface area contributed by atoms with Gasteiger partial charge in [0, 0.05) is 38.6 Å². The fourth-order valence-electron chi connectivity index (χ4n) is 4.30. The lowest BCUT2D eigenvalue weighted by Crippen LogP contribution is -2.31. The zero-order valence-electron chi connectivity index (χ0n) is 15.3. The lowest BCUT2D eigenvalue weighted by molar-refractivity contribution is 0.409. The van der Waals surface area contributed by atoms with Crippen LogP contribution in [0.15, 0.2) is 47.1 Å². The van der Waals surface area contributed by atoms with E-state index in [9.17, 15) is 8.42 Å². The molecule has 0 bridgehead atoms. The number of anilines is 1. The standard InChI is InChI=1S/C19H21N5O2S2/c25-28(26,16-2-3-17-18(10-16)27-13-22-17)24-11-14-4-8-23(9-5-15(14)12-24)19-20-6-1-7-21-19/h1-3,6-7,10,13-15H,4-5,8-9,11-12H2/t14-,15+. The van der Waals surface area contributed by atoms with Crippen molar-refractivity contribution < 1.29 is 8.42 Å². The monoisotopic (exact) mass is 415 g/mol. The Hall–Kier alpha value is -2.10. The second-order valence-corrected chi connectivity index (χ2v) is 10.3. The fraction of sp³-hybridized carbons (Fsp3) is 0.421. The number of fused-ring (bicyclic) bond motifs is 2. The predicted molar refractivity (Wildman–Crippen MR) is 109 cm³/mol. The van der Waals surface area contributed by atoms with Crippen LogP contribution in [0.25, 0.3) is 10.2 Å². The lowest BCUT2D eigenvalue weighted by Gasteiger charge is -2.21. The second kappa shape index (κ2) is 7.06. The average Bonchev–Trinajstić information content (AvgIpc) is 3.31. The van der Waals surface area contributed by atoms with Crippen LogP contribution in [0.2, 0.25) is 0 Å². The molecule has 2 saturated heterocycles. The smallest absolute Gasteiger partial charge is 0.243 e.